The molecule has 0 bridgehead atoms. The zero-order chi connectivity index (χ0) is 14.2. The third-order valence-electron chi connectivity index (χ3n) is 2.73. The molecule has 2 aromatic heterocycles. The van der Waals surface area contributed by atoms with E-state index >= 15 is 0 Å². The number of hydrogen-bond donors (Lipinski definition) is 1. The molecule has 0 saturated carbocycles. The maximum Gasteiger partial charge on any atom is 0.340 e. The fourth-order valence-electron chi connectivity index (χ4n) is 1.79. The number of aromatic nitrogens is 2. The van der Waals surface area contributed by atoms with Crippen LogP contribution in [0.2, 0.25) is 0 Å². The van der Waals surface area contributed by atoms with Crippen LogP contribution in [0.15, 0.2) is 21.7 Å². The van der Waals surface area contributed by atoms with E-state index in [0.717, 1.165) is 0 Å². The van der Waals surface area contributed by atoms with E-state index in [-0.39, 0.29) is 11.5 Å². The van der Waals surface area contributed by atoms with E-state index in [2.05, 4.69) is 20.9 Å². The van der Waals surface area contributed by atoms with Crippen LogP contribution < -0.4 is 5.56 Å². The topological polar surface area (TPSA) is 64.1 Å². The molecule has 0 radical (unpaired) electrons. The maximum atomic E-state index is 12.0. The number of hydrogen-bond acceptors (Lipinski definition) is 3. The predicted molar refractivity (Wildman–Crippen MR) is 76.4 cm³/mol. The van der Waals surface area contributed by atoms with Gasteiger partial charge < -0.3 is 14.3 Å². The minimum absolute atomic E-state index is 0.180. The number of H-pyrrole nitrogens is 1. The lowest BCUT2D eigenvalue weighted by molar-refractivity contribution is 0.0461. The van der Waals surface area contributed by atoms with E-state index in [4.69, 9.17) is 4.74 Å². The number of aromatic amines is 1. The van der Waals surface area contributed by atoms with E-state index in [1.807, 2.05) is 13.8 Å². The van der Waals surface area contributed by atoms with Gasteiger partial charge in [-0.25, -0.2) is 4.79 Å². The van der Waals surface area contributed by atoms with Crippen molar-refractivity contribution in [2.75, 3.05) is 6.61 Å². The Kier molecular flexibility index (Phi) is 3.80. The molecule has 19 heavy (non-hydrogen) atoms. The Balaban J connectivity index is 2.49. The van der Waals surface area contributed by atoms with E-state index in [1.165, 1.54) is 10.8 Å². The highest BCUT2D eigenvalue weighted by atomic mass is 79.9. The molecule has 0 aliphatic carbocycles. The second kappa shape index (κ2) is 5.21. The maximum absolute atomic E-state index is 12.0. The van der Waals surface area contributed by atoms with Gasteiger partial charge in [0.1, 0.15) is 5.52 Å². The molecular weight excluding hydrogens is 312 g/mol. The van der Waals surface area contributed by atoms with Crippen LogP contribution in [0.1, 0.15) is 24.2 Å². The average Bonchev–Trinajstić information content (AvgIpc) is 2.78. The predicted octanol–water partition coefficient (Wildman–Crippen LogP) is 2.44. The van der Waals surface area contributed by atoms with Gasteiger partial charge in [-0.1, -0.05) is 13.8 Å². The molecule has 102 valence electrons. The molecule has 1 N–H and O–H groups in total. The Morgan fingerprint density at radius 3 is 2.84 bits per heavy atom. The van der Waals surface area contributed by atoms with Crippen molar-refractivity contribution in [2.45, 2.75) is 13.8 Å². The molecule has 5 nitrogen and oxygen atoms in total. The first kappa shape index (κ1) is 13.9. The monoisotopic (exact) mass is 326 g/mol. The Labute approximate surface area is 118 Å². The molecular formula is C13H15BrN2O3. The summed E-state index contributed by atoms with van der Waals surface area (Å²) < 4.78 is 7.33. The van der Waals surface area contributed by atoms with E-state index in [9.17, 15) is 9.59 Å². The summed E-state index contributed by atoms with van der Waals surface area (Å²) in [7, 11) is 1.66. The highest BCUT2D eigenvalue weighted by molar-refractivity contribution is 9.10. The van der Waals surface area contributed by atoms with Crippen LogP contribution in [0.25, 0.3) is 10.9 Å². The quantitative estimate of drug-likeness (QED) is 0.881. The largest absolute Gasteiger partial charge is 0.462 e. The summed E-state index contributed by atoms with van der Waals surface area (Å²) in [4.78, 5) is 26.8. The lowest BCUT2D eigenvalue weighted by Crippen LogP contribution is -2.16. The summed E-state index contributed by atoms with van der Waals surface area (Å²) in [6.07, 6.45) is 3.15. The second-order valence-electron chi connectivity index (χ2n) is 4.84. The highest BCUT2D eigenvalue weighted by Crippen LogP contribution is 2.25. The minimum Gasteiger partial charge on any atom is -0.462 e. The molecule has 0 atom stereocenters. The van der Waals surface area contributed by atoms with Crippen LogP contribution in [-0.4, -0.2) is 22.1 Å². The van der Waals surface area contributed by atoms with Crippen LogP contribution in [0, 0.1) is 5.92 Å². The van der Waals surface area contributed by atoms with Crippen molar-refractivity contribution >= 4 is 32.8 Å². The first-order chi connectivity index (χ1) is 8.91. The van der Waals surface area contributed by atoms with Gasteiger partial charge in [-0.05, 0) is 21.8 Å². The highest BCUT2D eigenvalue weighted by Gasteiger charge is 2.18. The smallest absolute Gasteiger partial charge is 0.340 e. The molecule has 0 unspecified atom stereocenters. The first-order valence-corrected chi connectivity index (χ1v) is 6.74. The number of fused-ring (bicyclic) bond motifs is 1. The Morgan fingerprint density at radius 2 is 2.21 bits per heavy atom. The van der Waals surface area contributed by atoms with Crippen LogP contribution in [0.5, 0.6) is 0 Å². The molecule has 0 aliphatic rings. The third-order valence-corrected chi connectivity index (χ3v) is 3.33. The summed E-state index contributed by atoms with van der Waals surface area (Å²) in [5.74, 6) is -0.153. The van der Waals surface area contributed by atoms with Crippen molar-refractivity contribution < 1.29 is 9.53 Å². The summed E-state index contributed by atoms with van der Waals surface area (Å²) in [5, 5.41) is 0.567. The van der Waals surface area contributed by atoms with Gasteiger partial charge in [-0.2, -0.15) is 0 Å². The SMILES string of the molecule is CC(C)COC(=O)c1c[nH]c2c(=O)n(C)cc(Br)c12. The van der Waals surface area contributed by atoms with Gasteiger partial charge in [0.05, 0.1) is 12.2 Å². The number of esters is 1. The van der Waals surface area contributed by atoms with E-state index in [0.29, 0.717) is 27.5 Å². The number of ether oxygens (including phenoxy) is 1. The number of rotatable bonds is 3. The fraction of sp³-hybridized carbons (Fsp3) is 0.385. The van der Waals surface area contributed by atoms with Crippen LogP contribution in [0.4, 0.5) is 0 Å². The Morgan fingerprint density at radius 1 is 1.53 bits per heavy atom. The Hall–Kier alpha value is -1.56. The van der Waals surface area contributed by atoms with Gasteiger partial charge in [0.2, 0.25) is 0 Å². The molecule has 2 aromatic rings. The van der Waals surface area contributed by atoms with Gasteiger partial charge in [0.15, 0.2) is 0 Å². The van der Waals surface area contributed by atoms with Gasteiger partial charge in [0, 0.05) is 29.3 Å². The lowest BCUT2D eigenvalue weighted by Gasteiger charge is -2.07. The molecule has 0 fully saturated rings. The summed E-state index contributed by atoms with van der Waals surface area (Å²) >= 11 is 3.37. The van der Waals surface area contributed by atoms with E-state index in [1.54, 1.807) is 13.2 Å². The standard InChI is InChI=1S/C13H15BrN2O3/c1-7(2)6-19-13(18)8-4-15-11-10(8)9(14)5-16(3)12(11)17/h4-5,7,15H,6H2,1-3H3. The van der Waals surface area contributed by atoms with E-state index < -0.39 is 5.97 Å². The van der Waals surface area contributed by atoms with Crippen molar-refractivity contribution in [3.8, 4) is 0 Å². The molecule has 0 amide bonds. The van der Waals surface area contributed by atoms with Gasteiger partial charge in [0.25, 0.3) is 5.56 Å². The molecule has 0 aliphatic heterocycles. The van der Waals surface area contributed by atoms with Crippen molar-refractivity contribution in [1.29, 1.82) is 0 Å². The first-order valence-electron chi connectivity index (χ1n) is 5.95. The van der Waals surface area contributed by atoms with Crippen molar-refractivity contribution in [1.82, 2.24) is 9.55 Å². The molecule has 0 spiro atoms. The third kappa shape index (κ3) is 2.58. The molecule has 0 saturated heterocycles. The summed E-state index contributed by atoms with van der Waals surface area (Å²) in [6, 6.07) is 0. The molecule has 6 heteroatoms. The zero-order valence-corrected chi connectivity index (χ0v) is 12.6. The zero-order valence-electron chi connectivity index (χ0n) is 11.0. The van der Waals surface area contributed by atoms with Gasteiger partial charge in [-0.3, -0.25) is 4.79 Å². The summed E-state index contributed by atoms with van der Waals surface area (Å²) in [6.45, 7) is 4.29. The number of carbonyl (C=O) groups is 1. The number of halogens is 1. The van der Waals surface area contributed by atoms with Gasteiger partial charge >= 0.3 is 5.97 Å². The van der Waals surface area contributed by atoms with Crippen LogP contribution in [-0.2, 0) is 11.8 Å². The Bertz CT molecular complexity index is 685. The average molecular weight is 327 g/mol. The normalized spacial score (nSPS) is 11.2. The van der Waals surface area contributed by atoms with Crippen molar-refractivity contribution in [2.24, 2.45) is 13.0 Å². The number of nitrogens with zero attached hydrogens (tertiary/aromatic N) is 1. The lowest BCUT2D eigenvalue weighted by atomic mass is 10.2. The fourth-order valence-corrected chi connectivity index (χ4v) is 2.51. The minimum atomic E-state index is -0.422. The van der Waals surface area contributed by atoms with Crippen LogP contribution in [0.3, 0.4) is 0 Å². The number of pyridine rings is 1. The van der Waals surface area contributed by atoms with Gasteiger partial charge in [-0.15, -0.1) is 0 Å². The molecule has 2 rings (SSSR count). The molecule has 2 heterocycles. The van der Waals surface area contributed by atoms with Crippen LogP contribution >= 0.6 is 15.9 Å². The van der Waals surface area contributed by atoms with Crippen molar-refractivity contribution in [3.63, 3.8) is 0 Å². The number of carbonyl (C=O) groups excluding carboxylic acids is 1. The second-order valence-corrected chi connectivity index (χ2v) is 5.69. The van der Waals surface area contributed by atoms with Crippen molar-refractivity contribution in [3.05, 3.63) is 32.8 Å². The number of nitrogens with one attached hydrogen (secondary N) is 1. The number of aryl methyl sites for hydroxylation is 1. The summed E-state index contributed by atoms with van der Waals surface area (Å²) in [5.41, 5.74) is 0.592. The molecule has 0 aromatic carbocycles.